The Hall–Kier alpha value is -3.36. The third kappa shape index (κ3) is 4.32. The fourth-order valence-electron chi connectivity index (χ4n) is 4.11. The van der Waals surface area contributed by atoms with E-state index in [4.69, 9.17) is 14.2 Å². The minimum Gasteiger partial charge on any atom is -0.454 e. The summed E-state index contributed by atoms with van der Waals surface area (Å²) in [6, 6.07) is 12.8. The highest BCUT2D eigenvalue weighted by Crippen LogP contribution is 2.32. The maximum atomic E-state index is 13.0. The summed E-state index contributed by atoms with van der Waals surface area (Å²) in [7, 11) is 0. The summed E-state index contributed by atoms with van der Waals surface area (Å²) in [4.78, 5) is 28.0. The number of anilines is 1. The van der Waals surface area contributed by atoms with Gasteiger partial charge in [-0.2, -0.15) is 0 Å². The topological polar surface area (TPSA) is 82.0 Å². The minimum absolute atomic E-state index is 0.0531. The van der Waals surface area contributed by atoms with Gasteiger partial charge in [-0.15, -0.1) is 0 Å². The molecule has 1 saturated heterocycles. The van der Waals surface area contributed by atoms with Gasteiger partial charge in [-0.25, -0.2) is 0 Å². The van der Waals surface area contributed by atoms with Crippen LogP contribution in [0.2, 0.25) is 0 Å². The van der Waals surface area contributed by atoms with Crippen LogP contribution in [0.5, 0.6) is 11.5 Å². The first-order valence-electron chi connectivity index (χ1n) is 10.8. The number of fused-ring (bicyclic) bond motifs is 2. The molecule has 5 rings (SSSR count). The van der Waals surface area contributed by atoms with E-state index in [2.05, 4.69) is 10.2 Å². The molecule has 0 bridgehead atoms. The first kappa shape index (κ1) is 20.5. The molecule has 8 heteroatoms. The summed E-state index contributed by atoms with van der Waals surface area (Å²) in [5.41, 5.74) is 1.41. The van der Waals surface area contributed by atoms with Gasteiger partial charge in [-0.3, -0.25) is 14.5 Å². The first-order valence-corrected chi connectivity index (χ1v) is 10.8. The SMILES string of the molecule is O=C(Cc1ccc2c(c1)OCO2)Nc1cccc2c(=O)n(CCN3CCOCC3)ccc12. The van der Waals surface area contributed by atoms with Crippen molar-refractivity contribution in [3.8, 4) is 11.5 Å². The zero-order valence-corrected chi connectivity index (χ0v) is 17.7. The van der Waals surface area contributed by atoms with Crippen LogP contribution in [0.3, 0.4) is 0 Å². The number of benzene rings is 2. The fraction of sp³-hybridized carbons (Fsp3) is 0.333. The Morgan fingerprint density at radius 2 is 1.81 bits per heavy atom. The van der Waals surface area contributed by atoms with Crippen LogP contribution in [0.15, 0.2) is 53.5 Å². The second-order valence-electron chi connectivity index (χ2n) is 7.95. The molecule has 32 heavy (non-hydrogen) atoms. The van der Waals surface area contributed by atoms with Crippen LogP contribution >= 0.6 is 0 Å². The van der Waals surface area contributed by atoms with Gasteiger partial charge < -0.3 is 24.1 Å². The zero-order chi connectivity index (χ0) is 21.9. The Balaban J connectivity index is 1.30. The summed E-state index contributed by atoms with van der Waals surface area (Å²) in [5.74, 6) is 1.18. The number of pyridine rings is 1. The van der Waals surface area contributed by atoms with E-state index in [-0.39, 0.29) is 24.7 Å². The minimum atomic E-state index is -0.159. The number of hydrogen-bond donors (Lipinski definition) is 1. The molecule has 3 heterocycles. The van der Waals surface area contributed by atoms with Gasteiger partial charge in [-0.05, 0) is 35.9 Å². The van der Waals surface area contributed by atoms with Gasteiger partial charge in [0.1, 0.15) is 0 Å². The number of rotatable bonds is 6. The predicted molar refractivity (Wildman–Crippen MR) is 120 cm³/mol. The van der Waals surface area contributed by atoms with Gasteiger partial charge in [0.25, 0.3) is 5.56 Å². The second kappa shape index (κ2) is 9.02. The molecule has 166 valence electrons. The number of carbonyl (C=O) groups is 1. The number of morpholine rings is 1. The number of hydrogen-bond acceptors (Lipinski definition) is 6. The molecule has 0 saturated carbocycles. The van der Waals surface area contributed by atoms with Crippen LogP contribution in [-0.4, -0.2) is 55.0 Å². The van der Waals surface area contributed by atoms with E-state index in [1.807, 2.05) is 30.3 Å². The molecule has 0 radical (unpaired) electrons. The number of amides is 1. The number of nitrogens with zero attached hydrogens (tertiary/aromatic N) is 2. The van der Waals surface area contributed by atoms with Crippen molar-refractivity contribution in [1.29, 1.82) is 0 Å². The van der Waals surface area contributed by atoms with Crippen molar-refractivity contribution in [1.82, 2.24) is 9.47 Å². The number of aromatic nitrogens is 1. The summed E-state index contributed by atoms with van der Waals surface area (Å²) < 4.78 is 17.8. The molecule has 2 aromatic carbocycles. The quantitative estimate of drug-likeness (QED) is 0.640. The van der Waals surface area contributed by atoms with E-state index in [1.54, 1.807) is 22.9 Å². The van der Waals surface area contributed by atoms with Gasteiger partial charge in [0.2, 0.25) is 12.7 Å². The van der Waals surface area contributed by atoms with Crippen molar-refractivity contribution < 1.29 is 19.0 Å². The molecule has 2 aliphatic heterocycles. The molecule has 1 aromatic heterocycles. The van der Waals surface area contributed by atoms with E-state index in [0.717, 1.165) is 43.8 Å². The Bertz CT molecular complexity index is 1200. The highest BCUT2D eigenvalue weighted by atomic mass is 16.7. The number of nitrogens with one attached hydrogen (secondary N) is 1. The van der Waals surface area contributed by atoms with Crippen LogP contribution in [-0.2, 0) is 22.5 Å². The standard InChI is InChI=1S/C24H25N3O5/c28-23(15-17-4-5-21-22(14-17)32-16-31-21)25-20-3-1-2-19-18(20)6-7-27(24(19)29)9-8-26-10-12-30-13-11-26/h1-7,14H,8-13,15-16H2,(H,25,28). The van der Waals surface area contributed by atoms with Crippen molar-refractivity contribution in [2.45, 2.75) is 13.0 Å². The fourth-order valence-corrected chi connectivity index (χ4v) is 4.11. The van der Waals surface area contributed by atoms with Gasteiger partial charge in [0, 0.05) is 48.8 Å². The van der Waals surface area contributed by atoms with Crippen molar-refractivity contribution in [3.63, 3.8) is 0 Å². The molecule has 1 amide bonds. The van der Waals surface area contributed by atoms with Gasteiger partial charge >= 0.3 is 0 Å². The monoisotopic (exact) mass is 435 g/mol. The third-order valence-corrected chi connectivity index (χ3v) is 5.86. The van der Waals surface area contributed by atoms with Gasteiger partial charge in [-0.1, -0.05) is 12.1 Å². The second-order valence-corrected chi connectivity index (χ2v) is 7.95. The highest BCUT2D eigenvalue weighted by Gasteiger charge is 2.16. The van der Waals surface area contributed by atoms with E-state index in [9.17, 15) is 9.59 Å². The van der Waals surface area contributed by atoms with Crippen molar-refractivity contribution in [3.05, 3.63) is 64.6 Å². The molecule has 1 N–H and O–H groups in total. The smallest absolute Gasteiger partial charge is 0.258 e. The summed E-state index contributed by atoms with van der Waals surface area (Å²) in [5, 5.41) is 4.28. The average Bonchev–Trinajstić information content (AvgIpc) is 3.28. The van der Waals surface area contributed by atoms with Crippen LogP contribution in [0.25, 0.3) is 10.8 Å². The normalized spacial score (nSPS) is 15.8. The van der Waals surface area contributed by atoms with Gasteiger partial charge in [0.05, 0.1) is 19.6 Å². The molecule has 0 spiro atoms. The maximum Gasteiger partial charge on any atom is 0.258 e. The van der Waals surface area contributed by atoms with Crippen molar-refractivity contribution in [2.75, 3.05) is 45.0 Å². The lowest BCUT2D eigenvalue weighted by Gasteiger charge is -2.26. The number of carbonyl (C=O) groups excluding carboxylic acids is 1. The molecule has 0 aliphatic carbocycles. The largest absolute Gasteiger partial charge is 0.454 e. The van der Waals surface area contributed by atoms with E-state index >= 15 is 0 Å². The lowest BCUT2D eigenvalue weighted by atomic mass is 10.1. The molecule has 0 atom stereocenters. The van der Waals surface area contributed by atoms with E-state index < -0.39 is 0 Å². The van der Waals surface area contributed by atoms with Crippen molar-refractivity contribution in [2.24, 2.45) is 0 Å². The lowest BCUT2D eigenvalue weighted by Crippen LogP contribution is -2.39. The van der Waals surface area contributed by atoms with Crippen molar-refractivity contribution >= 4 is 22.4 Å². The zero-order valence-electron chi connectivity index (χ0n) is 17.7. The molecular formula is C24H25N3O5. The maximum absolute atomic E-state index is 13.0. The summed E-state index contributed by atoms with van der Waals surface area (Å²) in [6.07, 6.45) is 2.00. The van der Waals surface area contributed by atoms with E-state index in [1.165, 1.54) is 0 Å². The van der Waals surface area contributed by atoms with Crippen LogP contribution in [0.1, 0.15) is 5.56 Å². The predicted octanol–water partition coefficient (Wildman–Crippen LogP) is 2.24. The Morgan fingerprint density at radius 3 is 2.69 bits per heavy atom. The highest BCUT2D eigenvalue weighted by molar-refractivity contribution is 6.02. The molecule has 1 fully saturated rings. The first-order chi connectivity index (χ1) is 15.7. The molecular weight excluding hydrogens is 410 g/mol. The Labute approximate surface area is 185 Å². The van der Waals surface area contributed by atoms with Crippen LogP contribution < -0.4 is 20.3 Å². The van der Waals surface area contributed by atoms with Crippen LogP contribution in [0.4, 0.5) is 5.69 Å². The molecule has 2 aliphatic rings. The molecule has 0 unspecified atom stereocenters. The molecule has 8 nitrogen and oxygen atoms in total. The Morgan fingerprint density at radius 1 is 0.969 bits per heavy atom. The van der Waals surface area contributed by atoms with Crippen LogP contribution in [0, 0.1) is 0 Å². The summed E-state index contributed by atoms with van der Waals surface area (Å²) >= 11 is 0. The molecule has 3 aromatic rings. The lowest BCUT2D eigenvalue weighted by molar-refractivity contribution is -0.115. The summed E-state index contributed by atoms with van der Waals surface area (Å²) in [6.45, 7) is 4.88. The average molecular weight is 435 g/mol. The Kier molecular flexibility index (Phi) is 5.79. The van der Waals surface area contributed by atoms with E-state index in [0.29, 0.717) is 29.1 Å². The third-order valence-electron chi connectivity index (χ3n) is 5.86. The van der Waals surface area contributed by atoms with Gasteiger partial charge in [0.15, 0.2) is 11.5 Å². The number of ether oxygens (including phenoxy) is 3.